The molecule has 0 bridgehead atoms. The van der Waals surface area contributed by atoms with E-state index >= 15 is 0 Å². The molecular weight excluding hydrogens is 412 g/mol. The van der Waals surface area contributed by atoms with Crippen LogP contribution in [0.3, 0.4) is 0 Å². The van der Waals surface area contributed by atoms with Crippen molar-refractivity contribution in [2.45, 2.75) is 4.90 Å². The molecule has 0 amide bonds. The zero-order valence-corrected chi connectivity index (χ0v) is 14.1. The molecule has 2 rings (SSSR count). The Morgan fingerprint density at radius 1 is 1.05 bits per heavy atom. The van der Waals surface area contributed by atoms with Gasteiger partial charge in [-0.25, -0.2) is 18.4 Å². The van der Waals surface area contributed by atoms with E-state index in [1.807, 2.05) is 0 Å². The normalized spacial score (nSPS) is 11.4. The highest BCUT2D eigenvalue weighted by atomic mass is 79.9. The van der Waals surface area contributed by atoms with Crippen molar-refractivity contribution in [3.63, 3.8) is 0 Å². The molecule has 106 valence electrons. The van der Waals surface area contributed by atoms with Crippen LogP contribution in [0.2, 0.25) is 15.3 Å². The van der Waals surface area contributed by atoms with E-state index in [4.69, 9.17) is 34.8 Å². The molecule has 0 saturated carbocycles. The number of nitrogens with one attached hydrogen (secondary N) is 1. The van der Waals surface area contributed by atoms with E-state index in [-0.39, 0.29) is 25.9 Å². The Labute approximate surface area is 138 Å². The highest BCUT2D eigenvalue weighted by Crippen LogP contribution is 2.36. The van der Waals surface area contributed by atoms with E-state index in [0.717, 1.165) is 12.4 Å². The summed E-state index contributed by atoms with van der Waals surface area (Å²) >= 11 is 20.6. The van der Waals surface area contributed by atoms with Crippen LogP contribution in [-0.2, 0) is 10.0 Å². The number of halogens is 4. The van der Waals surface area contributed by atoms with E-state index in [9.17, 15) is 8.42 Å². The van der Waals surface area contributed by atoms with Crippen molar-refractivity contribution in [2.75, 3.05) is 4.72 Å². The van der Waals surface area contributed by atoms with Gasteiger partial charge in [0.25, 0.3) is 10.0 Å². The van der Waals surface area contributed by atoms with Gasteiger partial charge in [-0.15, -0.1) is 0 Å². The molecule has 1 heterocycles. The van der Waals surface area contributed by atoms with Crippen LogP contribution in [0.4, 0.5) is 5.69 Å². The number of aromatic nitrogens is 2. The molecule has 0 unspecified atom stereocenters. The molecule has 5 nitrogen and oxygen atoms in total. The SMILES string of the molecule is O=S(=O)(Nc1ccc(Br)c(Cl)c1Cl)c1cnc(Cl)nc1. The molecule has 20 heavy (non-hydrogen) atoms. The van der Waals surface area contributed by atoms with Crippen LogP contribution in [0.25, 0.3) is 0 Å². The van der Waals surface area contributed by atoms with Gasteiger partial charge in [0.15, 0.2) is 0 Å². The predicted octanol–water partition coefficient (Wildman–Crippen LogP) is 4.00. The Morgan fingerprint density at radius 2 is 1.65 bits per heavy atom. The van der Waals surface area contributed by atoms with E-state index in [0.29, 0.717) is 4.47 Å². The predicted molar refractivity (Wildman–Crippen MR) is 82.0 cm³/mol. The summed E-state index contributed by atoms with van der Waals surface area (Å²) in [6.45, 7) is 0. The quantitative estimate of drug-likeness (QED) is 0.605. The molecule has 1 aromatic carbocycles. The second-order valence-corrected chi connectivity index (χ2v) is 7.15. The lowest BCUT2D eigenvalue weighted by Gasteiger charge is -2.10. The van der Waals surface area contributed by atoms with Crippen molar-refractivity contribution in [2.24, 2.45) is 0 Å². The first kappa shape index (κ1) is 15.8. The number of hydrogen-bond donors (Lipinski definition) is 1. The topological polar surface area (TPSA) is 72.0 Å². The monoisotopic (exact) mass is 415 g/mol. The Morgan fingerprint density at radius 3 is 2.25 bits per heavy atom. The Kier molecular flexibility index (Phi) is 4.76. The van der Waals surface area contributed by atoms with Gasteiger partial charge in [-0.1, -0.05) is 23.2 Å². The summed E-state index contributed by atoms with van der Waals surface area (Å²) in [6.07, 6.45) is 2.18. The maximum Gasteiger partial charge on any atom is 0.265 e. The van der Waals surface area contributed by atoms with Crippen molar-refractivity contribution in [3.8, 4) is 0 Å². The maximum absolute atomic E-state index is 12.1. The molecule has 0 aliphatic heterocycles. The summed E-state index contributed by atoms with van der Waals surface area (Å²) in [5, 5.41) is 0.243. The van der Waals surface area contributed by atoms with Gasteiger partial charge in [-0.05, 0) is 39.7 Å². The minimum Gasteiger partial charge on any atom is -0.278 e. The molecule has 0 radical (unpaired) electrons. The summed E-state index contributed by atoms with van der Waals surface area (Å²) in [7, 11) is -3.87. The maximum atomic E-state index is 12.1. The van der Waals surface area contributed by atoms with Crippen LogP contribution >= 0.6 is 50.7 Å². The van der Waals surface area contributed by atoms with Gasteiger partial charge in [0, 0.05) is 4.47 Å². The zero-order valence-electron chi connectivity index (χ0n) is 9.44. The minimum absolute atomic E-state index is 0.0475. The lowest BCUT2D eigenvalue weighted by molar-refractivity contribution is 0.600. The second kappa shape index (κ2) is 6.03. The Bertz CT molecular complexity index is 753. The smallest absolute Gasteiger partial charge is 0.265 e. The third-order valence-electron chi connectivity index (χ3n) is 2.19. The van der Waals surface area contributed by atoms with E-state index in [1.54, 1.807) is 6.07 Å². The number of anilines is 1. The lowest BCUT2D eigenvalue weighted by Crippen LogP contribution is -2.14. The first-order valence-electron chi connectivity index (χ1n) is 4.95. The van der Waals surface area contributed by atoms with E-state index < -0.39 is 10.0 Å². The third kappa shape index (κ3) is 3.35. The molecular formula is C10H5BrCl3N3O2S. The van der Waals surface area contributed by atoms with Gasteiger partial charge in [0.1, 0.15) is 4.90 Å². The van der Waals surface area contributed by atoms with Crippen molar-refractivity contribution < 1.29 is 8.42 Å². The molecule has 0 aliphatic rings. The Balaban J connectivity index is 2.38. The molecule has 0 saturated heterocycles. The van der Waals surface area contributed by atoms with Gasteiger partial charge in [-0.2, -0.15) is 0 Å². The Hall–Kier alpha value is -0.600. The number of nitrogens with zero attached hydrogens (tertiary/aromatic N) is 2. The molecule has 0 spiro atoms. The molecule has 0 atom stereocenters. The molecule has 1 N–H and O–H groups in total. The first-order valence-corrected chi connectivity index (χ1v) is 8.36. The van der Waals surface area contributed by atoms with Crippen LogP contribution in [0, 0.1) is 0 Å². The zero-order chi connectivity index (χ0) is 14.9. The van der Waals surface area contributed by atoms with Crippen LogP contribution in [0.5, 0.6) is 0 Å². The van der Waals surface area contributed by atoms with E-state index in [1.165, 1.54) is 6.07 Å². The number of rotatable bonds is 3. The van der Waals surface area contributed by atoms with Gasteiger partial charge in [-0.3, -0.25) is 4.72 Å². The average molecular weight is 417 g/mol. The van der Waals surface area contributed by atoms with Crippen molar-refractivity contribution in [1.82, 2.24) is 9.97 Å². The van der Waals surface area contributed by atoms with Crippen LogP contribution in [-0.4, -0.2) is 18.4 Å². The number of sulfonamides is 1. The van der Waals surface area contributed by atoms with Crippen molar-refractivity contribution >= 4 is 66.4 Å². The summed E-state index contributed by atoms with van der Waals surface area (Å²) < 4.78 is 27.1. The molecule has 10 heteroatoms. The standard InChI is InChI=1S/C10H5BrCl3N3O2S/c11-6-1-2-7(9(13)8(6)12)17-20(18,19)5-3-15-10(14)16-4-5/h1-4,17H. The molecule has 2 aromatic rings. The summed E-state index contributed by atoms with van der Waals surface area (Å²) in [5.74, 6) is 0. The van der Waals surface area contributed by atoms with Gasteiger partial charge in [0.2, 0.25) is 5.28 Å². The van der Waals surface area contributed by atoms with Crippen LogP contribution < -0.4 is 4.72 Å². The number of benzene rings is 1. The van der Waals surface area contributed by atoms with Crippen LogP contribution in [0.15, 0.2) is 33.9 Å². The minimum atomic E-state index is -3.87. The van der Waals surface area contributed by atoms with Gasteiger partial charge >= 0.3 is 0 Å². The highest BCUT2D eigenvalue weighted by Gasteiger charge is 2.18. The molecule has 1 aromatic heterocycles. The van der Waals surface area contributed by atoms with Crippen LogP contribution in [0.1, 0.15) is 0 Å². The largest absolute Gasteiger partial charge is 0.278 e. The number of hydrogen-bond acceptors (Lipinski definition) is 4. The fraction of sp³-hybridized carbons (Fsp3) is 0. The lowest BCUT2D eigenvalue weighted by atomic mass is 10.3. The van der Waals surface area contributed by atoms with Crippen molar-refractivity contribution in [1.29, 1.82) is 0 Å². The molecule has 0 aliphatic carbocycles. The summed E-state index contributed by atoms with van der Waals surface area (Å²) in [5.41, 5.74) is 0.148. The summed E-state index contributed by atoms with van der Waals surface area (Å²) in [4.78, 5) is 7.08. The highest BCUT2D eigenvalue weighted by molar-refractivity contribution is 9.10. The molecule has 0 fully saturated rings. The third-order valence-corrected chi connectivity index (χ3v) is 5.47. The fourth-order valence-corrected chi connectivity index (χ4v) is 3.18. The fourth-order valence-electron chi connectivity index (χ4n) is 1.25. The van der Waals surface area contributed by atoms with E-state index in [2.05, 4.69) is 30.6 Å². The average Bonchev–Trinajstić information content (AvgIpc) is 2.40. The van der Waals surface area contributed by atoms with Gasteiger partial charge < -0.3 is 0 Å². The summed E-state index contributed by atoms with van der Waals surface area (Å²) in [6, 6.07) is 3.05. The van der Waals surface area contributed by atoms with Gasteiger partial charge in [0.05, 0.1) is 28.1 Å². The first-order chi connectivity index (χ1) is 9.31. The second-order valence-electron chi connectivity index (χ2n) is 3.52. The van der Waals surface area contributed by atoms with Crippen molar-refractivity contribution in [3.05, 3.63) is 44.3 Å².